The topological polar surface area (TPSA) is 29.5 Å². The zero-order valence-corrected chi connectivity index (χ0v) is 12.1. The molecule has 0 bridgehead atoms. The molecule has 0 aliphatic heterocycles. The fourth-order valence-corrected chi connectivity index (χ4v) is 2.14. The first kappa shape index (κ1) is 16.4. The Morgan fingerprint density at radius 3 is 2.45 bits per heavy atom. The van der Waals surface area contributed by atoms with Crippen LogP contribution in [-0.2, 0) is 6.18 Å². The van der Waals surface area contributed by atoms with Gasteiger partial charge in [-0.15, -0.1) is 0 Å². The van der Waals surface area contributed by atoms with Gasteiger partial charge in [0.1, 0.15) is 5.75 Å². The third kappa shape index (κ3) is 4.24. The second-order valence-corrected chi connectivity index (χ2v) is 5.13. The van der Waals surface area contributed by atoms with Gasteiger partial charge in [0.15, 0.2) is 0 Å². The Morgan fingerprint density at radius 1 is 1.09 bits per heavy atom. The molecule has 2 aromatic rings. The molecule has 2 nitrogen and oxygen atoms in total. The van der Waals surface area contributed by atoms with E-state index in [1.165, 1.54) is 12.1 Å². The van der Waals surface area contributed by atoms with Crippen LogP contribution in [0.4, 0.5) is 13.2 Å². The molecule has 0 heterocycles. The molecule has 0 saturated carbocycles. The van der Waals surface area contributed by atoms with Crippen molar-refractivity contribution in [3.63, 3.8) is 0 Å². The number of rotatable bonds is 5. The minimum absolute atomic E-state index is 0.112. The number of aliphatic hydroxyl groups is 1. The summed E-state index contributed by atoms with van der Waals surface area (Å²) in [6.07, 6.45) is -4.40. The van der Waals surface area contributed by atoms with Gasteiger partial charge in [0, 0.05) is 5.92 Å². The summed E-state index contributed by atoms with van der Waals surface area (Å²) >= 11 is 0. The summed E-state index contributed by atoms with van der Waals surface area (Å²) < 4.78 is 43.4. The molecule has 2 aromatic carbocycles. The van der Waals surface area contributed by atoms with Gasteiger partial charge in [-0.25, -0.2) is 0 Å². The van der Waals surface area contributed by atoms with Crippen LogP contribution in [0.5, 0.6) is 5.75 Å². The van der Waals surface area contributed by atoms with Gasteiger partial charge in [-0.05, 0) is 30.7 Å². The molecule has 5 heteroatoms. The molecule has 0 spiro atoms. The standard InChI is InChI=1S/C17H17F3O2/c1-12-4-2-5-13(8-12)14(10-21)11-22-16-7-3-6-15(9-16)17(18,19)20/h2-9,14,21H,10-11H2,1H3. The monoisotopic (exact) mass is 310 g/mol. The first-order valence-corrected chi connectivity index (χ1v) is 6.87. The van der Waals surface area contributed by atoms with E-state index in [1.54, 1.807) is 0 Å². The van der Waals surface area contributed by atoms with E-state index in [2.05, 4.69) is 0 Å². The van der Waals surface area contributed by atoms with E-state index in [-0.39, 0.29) is 24.9 Å². The van der Waals surface area contributed by atoms with Gasteiger partial charge in [-0.1, -0.05) is 35.9 Å². The molecule has 0 saturated heterocycles. The molecular formula is C17H17F3O2. The lowest BCUT2D eigenvalue weighted by Crippen LogP contribution is -2.14. The number of hydrogen-bond donors (Lipinski definition) is 1. The molecule has 0 radical (unpaired) electrons. The summed E-state index contributed by atoms with van der Waals surface area (Å²) in [4.78, 5) is 0. The summed E-state index contributed by atoms with van der Waals surface area (Å²) in [5.74, 6) is -0.143. The van der Waals surface area contributed by atoms with E-state index in [0.29, 0.717) is 0 Å². The molecule has 0 aromatic heterocycles. The van der Waals surface area contributed by atoms with Crippen LogP contribution in [0.2, 0.25) is 0 Å². The highest BCUT2D eigenvalue weighted by molar-refractivity contribution is 5.31. The Bertz CT molecular complexity index is 623. The molecule has 0 aliphatic carbocycles. The van der Waals surface area contributed by atoms with E-state index in [1.807, 2.05) is 31.2 Å². The van der Waals surface area contributed by atoms with E-state index < -0.39 is 11.7 Å². The van der Waals surface area contributed by atoms with Crippen molar-refractivity contribution in [1.29, 1.82) is 0 Å². The highest BCUT2D eigenvalue weighted by Gasteiger charge is 2.30. The summed E-state index contributed by atoms with van der Waals surface area (Å²) in [5.41, 5.74) is 1.20. The number of aliphatic hydroxyl groups excluding tert-OH is 1. The van der Waals surface area contributed by atoms with E-state index in [0.717, 1.165) is 23.3 Å². The van der Waals surface area contributed by atoms with E-state index >= 15 is 0 Å². The lowest BCUT2D eigenvalue weighted by molar-refractivity contribution is -0.137. The number of benzene rings is 2. The fraction of sp³-hybridized carbons (Fsp3) is 0.294. The maximum Gasteiger partial charge on any atom is 0.416 e. The van der Waals surface area contributed by atoms with Crippen molar-refractivity contribution in [2.75, 3.05) is 13.2 Å². The van der Waals surface area contributed by atoms with E-state index in [9.17, 15) is 18.3 Å². The number of alkyl halides is 3. The van der Waals surface area contributed by atoms with E-state index in [4.69, 9.17) is 4.74 Å². The van der Waals surface area contributed by atoms with Gasteiger partial charge < -0.3 is 9.84 Å². The molecule has 0 aliphatic rings. The molecule has 1 atom stereocenters. The van der Waals surface area contributed by atoms with Crippen molar-refractivity contribution in [1.82, 2.24) is 0 Å². The Morgan fingerprint density at radius 2 is 1.82 bits per heavy atom. The normalized spacial score (nSPS) is 13.0. The zero-order chi connectivity index (χ0) is 16.2. The van der Waals surface area contributed by atoms with Crippen molar-refractivity contribution in [3.05, 3.63) is 65.2 Å². The quantitative estimate of drug-likeness (QED) is 0.898. The lowest BCUT2D eigenvalue weighted by atomic mass is 9.99. The van der Waals surface area contributed by atoms with Crippen LogP contribution < -0.4 is 4.74 Å². The van der Waals surface area contributed by atoms with Gasteiger partial charge >= 0.3 is 6.18 Å². The third-order valence-corrected chi connectivity index (χ3v) is 3.35. The van der Waals surface area contributed by atoms with Crippen molar-refractivity contribution in [3.8, 4) is 5.75 Å². The van der Waals surface area contributed by atoms with Crippen molar-refractivity contribution in [2.24, 2.45) is 0 Å². The van der Waals surface area contributed by atoms with Crippen LogP contribution in [0, 0.1) is 6.92 Å². The van der Waals surface area contributed by atoms with Crippen LogP contribution in [0.1, 0.15) is 22.6 Å². The second kappa shape index (κ2) is 6.83. The average Bonchev–Trinajstić information content (AvgIpc) is 2.47. The first-order valence-electron chi connectivity index (χ1n) is 6.87. The molecule has 118 valence electrons. The summed E-state index contributed by atoms with van der Waals surface area (Å²) in [5, 5.41) is 9.47. The van der Waals surface area contributed by atoms with Crippen molar-refractivity contribution < 1.29 is 23.0 Å². The molecule has 0 fully saturated rings. The molecule has 2 rings (SSSR count). The fourth-order valence-electron chi connectivity index (χ4n) is 2.14. The summed E-state index contributed by atoms with van der Waals surface area (Å²) in [7, 11) is 0. The number of hydrogen-bond acceptors (Lipinski definition) is 2. The smallest absolute Gasteiger partial charge is 0.416 e. The Hall–Kier alpha value is -2.01. The van der Waals surface area contributed by atoms with Gasteiger partial charge in [0.25, 0.3) is 0 Å². The predicted molar refractivity (Wildman–Crippen MR) is 77.9 cm³/mol. The van der Waals surface area contributed by atoms with Crippen molar-refractivity contribution in [2.45, 2.75) is 19.0 Å². The van der Waals surface area contributed by atoms with Crippen LogP contribution in [-0.4, -0.2) is 18.3 Å². The SMILES string of the molecule is Cc1cccc(C(CO)COc2cccc(C(F)(F)F)c2)c1. The number of halogens is 3. The third-order valence-electron chi connectivity index (χ3n) is 3.35. The van der Waals surface area contributed by atoms with Gasteiger partial charge in [-0.3, -0.25) is 0 Å². The summed E-state index contributed by atoms with van der Waals surface area (Å²) in [6.45, 7) is 1.91. The minimum atomic E-state index is -4.40. The molecule has 1 unspecified atom stereocenters. The Labute approximate surface area is 127 Å². The number of aryl methyl sites for hydroxylation is 1. The Balaban J connectivity index is 2.08. The highest BCUT2D eigenvalue weighted by atomic mass is 19.4. The largest absolute Gasteiger partial charge is 0.493 e. The number of ether oxygens (including phenoxy) is 1. The molecule has 22 heavy (non-hydrogen) atoms. The van der Waals surface area contributed by atoms with Crippen LogP contribution in [0.15, 0.2) is 48.5 Å². The second-order valence-electron chi connectivity index (χ2n) is 5.13. The average molecular weight is 310 g/mol. The zero-order valence-electron chi connectivity index (χ0n) is 12.1. The molecule has 0 amide bonds. The summed E-state index contributed by atoms with van der Waals surface area (Å²) in [6, 6.07) is 12.3. The Kier molecular flexibility index (Phi) is 5.08. The van der Waals surface area contributed by atoms with Gasteiger partial charge in [-0.2, -0.15) is 13.2 Å². The molecule has 1 N–H and O–H groups in total. The lowest BCUT2D eigenvalue weighted by Gasteiger charge is -2.17. The maximum atomic E-state index is 12.6. The predicted octanol–water partition coefficient (Wildman–Crippen LogP) is 4.17. The van der Waals surface area contributed by atoms with Gasteiger partial charge in [0.2, 0.25) is 0 Å². The molecular weight excluding hydrogens is 293 g/mol. The van der Waals surface area contributed by atoms with Crippen LogP contribution in [0.3, 0.4) is 0 Å². The first-order chi connectivity index (χ1) is 10.4. The maximum absolute atomic E-state index is 12.6. The van der Waals surface area contributed by atoms with Crippen LogP contribution in [0.25, 0.3) is 0 Å². The van der Waals surface area contributed by atoms with Crippen molar-refractivity contribution >= 4 is 0 Å². The highest BCUT2D eigenvalue weighted by Crippen LogP contribution is 2.31. The minimum Gasteiger partial charge on any atom is -0.493 e. The van der Waals surface area contributed by atoms with Crippen LogP contribution >= 0.6 is 0 Å². The van der Waals surface area contributed by atoms with Gasteiger partial charge in [0.05, 0.1) is 18.8 Å².